The monoisotopic (exact) mass is 479 g/mol. The Bertz CT molecular complexity index is 1280. The molecule has 2 aromatic heterocycles. The van der Waals surface area contributed by atoms with E-state index in [-0.39, 0.29) is 11.8 Å². The number of hydrogen-bond donors (Lipinski definition) is 2. The zero-order chi connectivity index (χ0) is 23.4. The Hall–Kier alpha value is -3.69. The Morgan fingerprint density at radius 1 is 0.879 bits per heavy atom. The van der Waals surface area contributed by atoms with Gasteiger partial charge < -0.3 is 20.1 Å². The van der Waals surface area contributed by atoms with Crippen LogP contribution >= 0.6 is 22.7 Å². The van der Waals surface area contributed by atoms with Crippen molar-refractivity contribution in [1.29, 1.82) is 0 Å². The first-order chi connectivity index (χ1) is 16.0. The van der Waals surface area contributed by atoms with Crippen LogP contribution in [0.3, 0.4) is 0 Å². The molecule has 0 spiro atoms. The number of nitrogens with zero attached hydrogens (tertiary/aromatic N) is 1. The smallest absolute Gasteiger partial charge is 0.267 e. The fourth-order valence-corrected chi connectivity index (χ4v) is 4.93. The highest BCUT2D eigenvalue weighted by Gasteiger charge is 2.20. The van der Waals surface area contributed by atoms with Crippen LogP contribution in [0, 0.1) is 6.92 Å². The quantitative estimate of drug-likeness (QED) is 0.355. The van der Waals surface area contributed by atoms with Gasteiger partial charge in [-0.1, -0.05) is 24.3 Å². The molecule has 0 aliphatic heterocycles. The number of methoxy groups -OCH3 is 2. The van der Waals surface area contributed by atoms with Crippen molar-refractivity contribution in [3.8, 4) is 21.4 Å². The van der Waals surface area contributed by atoms with Crippen LogP contribution in [0.4, 0.5) is 11.4 Å². The van der Waals surface area contributed by atoms with E-state index in [0.29, 0.717) is 39.0 Å². The number of nitrogens with one attached hydrogen (secondary N) is 2. The van der Waals surface area contributed by atoms with Crippen LogP contribution in [0.1, 0.15) is 25.7 Å². The minimum atomic E-state index is -0.297. The number of carbonyl (C=O) groups excluding carboxylic acids is 2. The molecule has 7 nitrogen and oxygen atoms in total. The average Bonchev–Trinajstić information content (AvgIpc) is 3.50. The maximum absolute atomic E-state index is 13.0. The second-order valence-electron chi connectivity index (χ2n) is 6.94. The highest BCUT2D eigenvalue weighted by Crippen LogP contribution is 2.38. The van der Waals surface area contributed by atoms with Gasteiger partial charge in [-0.05, 0) is 30.5 Å². The second-order valence-corrected chi connectivity index (χ2v) is 8.88. The summed E-state index contributed by atoms with van der Waals surface area (Å²) in [6, 6.07) is 16.0. The van der Waals surface area contributed by atoms with E-state index in [4.69, 9.17) is 9.47 Å². The van der Waals surface area contributed by atoms with E-state index in [1.54, 1.807) is 47.7 Å². The third-order valence-electron chi connectivity index (χ3n) is 4.79. The average molecular weight is 480 g/mol. The van der Waals surface area contributed by atoms with Crippen molar-refractivity contribution in [3.05, 3.63) is 76.1 Å². The molecule has 2 heterocycles. The first-order valence-electron chi connectivity index (χ1n) is 9.95. The van der Waals surface area contributed by atoms with Gasteiger partial charge >= 0.3 is 0 Å². The maximum atomic E-state index is 13.0. The number of amides is 2. The molecule has 0 aliphatic rings. The highest BCUT2D eigenvalue weighted by atomic mass is 32.1. The molecule has 0 bridgehead atoms. The van der Waals surface area contributed by atoms with Crippen molar-refractivity contribution < 1.29 is 19.1 Å². The first kappa shape index (κ1) is 22.5. The molecular weight excluding hydrogens is 458 g/mol. The summed E-state index contributed by atoms with van der Waals surface area (Å²) in [5.41, 5.74) is 2.01. The zero-order valence-corrected chi connectivity index (χ0v) is 19.8. The van der Waals surface area contributed by atoms with Gasteiger partial charge in [0, 0.05) is 17.7 Å². The molecule has 0 saturated carbocycles. The molecule has 2 amide bonds. The maximum Gasteiger partial charge on any atom is 0.267 e. The molecule has 2 aromatic carbocycles. The van der Waals surface area contributed by atoms with Gasteiger partial charge in [0.25, 0.3) is 11.8 Å². The Morgan fingerprint density at radius 2 is 1.52 bits per heavy atom. The van der Waals surface area contributed by atoms with E-state index in [1.807, 2.05) is 30.5 Å². The van der Waals surface area contributed by atoms with Gasteiger partial charge in [-0.3, -0.25) is 9.59 Å². The number of rotatable bonds is 7. The zero-order valence-electron chi connectivity index (χ0n) is 18.2. The number of carbonyl (C=O) groups is 2. The Labute approximate surface area is 199 Å². The lowest BCUT2D eigenvalue weighted by Crippen LogP contribution is -2.15. The molecule has 9 heteroatoms. The summed E-state index contributed by atoms with van der Waals surface area (Å²) >= 11 is 2.91. The molecule has 4 aromatic rings. The number of ether oxygens (including phenoxy) is 2. The number of anilines is 2. The SMILES string of the molecule is COc1cc(NC(=O)c2sc(-c3cccs3)nc2C)c(OC)cc1NC(=O)c1ccccc1. The first-order valence-corrected chi connectivity index (χ1v) is 11.6. The summed E-state index contributed by atoms with van der Waals surface area (Å²) < 4.78 is 10.9. The summed E-state index contributed by atoms with van der Waals surface area (Å²) in [5.74, 6) is 0.187. The summed E-state index contributed by atoms with van der Waals surface area (Å²) in [6.45, 7) is 1.81. The van der Waals surface area contributed by atoms with Crippen LogP contribution in [-0.4, -0.2) is 31.0 Å². The van der Waals surface area contributed by atoms with E-state index in [9.17, 15) is 9.59 Å². The van der Waals surface area contributed by atoms with E-state index < -0.39 is 0 Å². The second kappa shape index (κ2) is 9.85. The van der Waals surface area contributed by atoms with Crippen LogP contribution < -0.4 is 20.1 Å². The number of hydrogen-bond acceptors (Lipinski definition) is 7. The molecule has 0 radical (unpaired) electrons. The number of benzene rings is 2. The predicted octanol–water partition coefficient (Wildman–Crippen LogP) is 5.70. The molecule has 4 rings (SSSR count). The largest absolute Gasteiger partial charge is 0.494 e. The van der Waals surface area contributed by atoms with Gasteiger partial charge in [-0.2, -0.15) is 0 Å². The third kappa shape index (κ3) is 4.89. The van der Waals surface area contributed by atoms with E-state index in [0.717, 1.165) is 9.88 Å². The van der Waals surface area contributed by atoms with Gasteiger partial charge in [0.2, 0.25) is 0 Å². The number of aromatic nitrogens is 1. The Balaban J connectivity index is 1.59. The van der Waals surface area contributed by atoms with Crippen molar-refractivity contribution in [3.63, 3.8) is 0 Å². The summed E-state index contributed by atoms with van der Waals surface area (Å²) in [7, 11) is 2.99. The van der Waals surface area contributed by atoms with Crippen molar-refractivity contribution in [2.45, 2.75) is 6.92 Å². The van der Waals surface area contributed by atoms with Crippen LogP contribution in [0.5, 0.6) is 11.5 Å². The molecule has 0 fully saturated rings. The minimum Gasteiger partial charge on any atom is -0.494 e. The summed E-state index contributed by atoms with van der Waals surface area (Å²) in [4.78, 5) is 31.7. The van der Waals surface area contributed by atoms with E-state index in [2.05, 4.69) is 15.6 Å². The Morgan fingerprint density at radius 3 is 2.09 bits per heavy atom. The lowest BCUT2D eigenvalue weighted by atomic mass is 10.2. The van der Waals surface area contributed by atoms with Crippen molar-refractivity contribution >= 4 is 45.9 Å². The van der Waals surface area contributed by atoms with Gasteiger partial charge in [-0.15, -0.1) is 22.7 Å². The van der Waals surface area contributed by atoms with Gasteiger partial charge in [-0.25, -0.2) is 4.98 Å². The van der Waals surface area contributed by atoms with Crippen LogP contribution in [0.15, 0.2) is 60.0 Å². The van der Waals surface area contributed by atoms with Crippen molar-refractivity contribution in [2.75, 3.05) is 24.9 Å². The molecule has 33 heavy (non-hydrogen) atoms. The van der Waals surface area contributed by atoms with Gasteiger partial charge in [0.15, 0.2) is 0 Å². The molecule has 0 unspecified atom stereocenters. The van der Waals surface area contributed by atoms with Gasteiger partial charge in [0.1, 0.15) is 21.4 Å². The predicted molar refractivity (Wildman–Crippen MR) is 132 cm³/mol. The lowest BCUT2D eigenvalue weighted by molar-refractivity contribution is 0.101. The minimum absolute atomic E-state index is 0.283. The van der Waals surface area contributed by atoms with E-state index in [1.165, 1.54) is 25.6 Å². The normalized spacial score (nSPS) is 10.5. The molecular formula is C24H21N3O4S2. The van der Waals surface area contributed by atoms with Crippen LogP contribution in [-0.2, 0) is 0 Å². The van der Waals surface area contributed by atoms with Crippen LogP contribution in [0.25, 0.3) is 9.88 Å². The highest BCUT2D eigenvalue weighted by molar-refractivity contribution is 7.22. The molecule has 0 atom stereocenters. The lowest BCUT2D eigenvalue weighted by Gasteiger charge is -2.16. The van der Waals surface area contributed by atoms with Crippen molar-refractivity contribution in [2.24, 2.45) is 0 Å². The van der Waals surface area contributed by atoms with Crippen molar-refractivity contribution in [1.82, 2.24) is 4.98 Å². The molecule has 168 valence electrons. The topological polar surface area (TPSA) is 89.6 Å². The molecule has 0 saturated heterocycles. The fourth-order valence-electron chi connectivity index (χ4n) is 3.17. The van der Waals surface area contributed by atoms with Crippen LogP contribution in [0.2, 0.25) is 0 Å². The van der Waals surface area contributed by atoms with E-state index >= 15 is 0 Å². The summed E-state index contributed by atoms with van der Waals surface area (Å²) in [5, 5.41) is 8.49. The number of thiophene rings is 1. The number of aryl methyl sites for hydroxylation is 1. The third-order valence-corrected chi connectivity index (χ3v) is 6.98. The fraction of sp³-hybridized carbons (Fsp3) is 0.125. The Kier molecular flexibility index (Phi) is 6.71. The molecule has 2 N–H and O–H groups in total. The van der Waals surface area contributed by atoms with Gasteiger partial charge in [0.05, 0.1) is 36.2 Å². The number of thiazole rings is 1. The molecule has 0 aliphatic carbocycles. The standard InChI is InChI=1S/C24H21N3O4S2/c1-14-21(33-24(25-14)20-10-7-11-32-20)23(29)27-17-13-18(30-2)16(12-19(17)31-3)26-22(28)15-8-5-4-6-9-15/h4-13H,1-3H3,(H,26,28)(H,27,29). The summed E-state index contributed by atoms with van der Waals surface area (Å²) in [6.07, 6.45) is 0.